The summed E-state index contributed by atoms with van der Waals surface area (Å²) in [6.45, 7) is -0.805. The van der Waals surface area contributed by atoms with Gasteiger partial charge in [0.05, 0.1) is 24.8 Å². The first kappa shape index (κ1) is 24.3. The minimum atomic E-state index is -4.45. The highest BCUT2D eigenvalue weighted by molar-refractivity contribution is 7.97. The van der Waals surface area contributed by atoms with Crippen molar-refractivity contribution in [3.8, 4) is 11.3 Å². The maximum absolute atomic E-state index is 14.6. The normalized spacial score (nSPS) is 15.1. The predicted octanol–water partition coefficient (Wildman–Crippen LogP) is 4.72. The van der Waals surface area contributed by atoms with Crippen LogP contribution in [0.5, 0.6) is 0 Å². The van der Waals surface area contributed by atoms with Gasteiger partial charge in [0, 0.05) is 36.2 Å². The Balaban J connectivity index is 1.63. The van der Waals surface area contributed by atoms with E-state index in [4.69, 9.17) is 9.15 Å². The van der Waals surface area contributed by atoms with Crippen LogP contribution >= 0.6 is 11.9 Å². The van der Waals surface area contributed by atoms with Crippen molar-refractivity contribution >= 4 is 34.6 Å². The summed E-state index contributed by atoms with van der Waals surface area (Å²) in [5.74, 6) is -0.354. The Morgan fingerprint density at radius 2 is 2.09 bits per heavy atom. The van der Waals surface area contributed by atoms with E-state index in [-0.39, 0.29) is 29.7 Å². The molecule has 1 aliphatic rings. The fraction of sp³-hybridized carbons (Fsp3) is 0.409. The van der Waals surface area contributed by atoms with Crippen LogP contribution in [0, 0.1) is 11.7 Å². The fourth-order valence-corrected chi connectivity index (χ4v) is 4.26. The maximum Gasteiger partial charge on any atom is 0.411 e. The molecule has 2 aromatic heterocycles. The van der Waals surface area contributed by atoms with Crippen molar-refractivity contribution in [3.05, 3.63) is 42.2 Å². The summed E-state index contributed by atoms with van der Waals surface area (Å²) >= 11 is 1.24. The Morgan fingerprint density at radius 1 is 1.32 bits per heavy atom. The number of rotatable bonds is 7. The van der Waals surface area contributed by atoms with Gasteiger partial charge in [-0.3, -0.25) is 9.78 Å². The minimum Gasteiger partial charge on any atom is -0.461 e. The van der Waals surface area contributed by atoms with E-state index in [0.717, 1.165) is 0 Å². The first-order chi connectivity index (χ1) is 16.2. The van der Waals surface area contributed by atoms with Gasteiger partial charge >= 0.3 is 6.18 Å². The smallest absolute Gasteiger partial charge is 0.411 e. The highest BCUT2D eigenvalue weighted by atomic mass is 32.2. The lowest BCUT2D eigenvalue weighted by Crippen LogP contribution is -2.39. The Labute approximate surface area is 197 Å². The third-order valence-electron chi connectivity index (χ3n) is 5.47. The van der Waals surface area contributed by atoms with E-state index in [2.05, 4.69) is 14.7 Å². The van der Waals surface area contributed by atoms with Gasteiger partial charge in [0.25, 0.3) is 0 Å². The molecule has 0 saturated carbocycles. The second kappa shape index (κ2) is 10.2. The molecular formula is C22H22F4N4O3S. The summed E-state index contributed by atoms with van der Waals surface area (Å²) in [7, 11) is 0. The molecule has 1 amide bonds. The van der Waals surface area contributed by atoms with Crippen LogP contribution in [0.2, 0.25) is 0 Å². The second-order valence-corrected chi connectivity index (χ2v) is 8.48. The maximum atomic E-state index is 14.6. The lowest BCUT2D eigenvalue weighted by Gasteiger charge is -2.33. The molecule has 0 radical (unpaired) electrons. The average molecular weight is 499 g/mol. The fourth-order valence-electron chi connectivity index (χ4n) is 3.89. The van der Waals surface area contributed by atoms with Gasteiger partial charge in [0.15, 0.2) is 17.2 Å². The highest BCUT2D eigenvalue weighted by Gasteiger charge is 2.29. The number of hydrogen-bond donors (Lipinski definition) is 1. The van der Waals surface area contributed by atoms with Crippen molar-refractivity contribution in [1.29, 1.82) is 0 Å². The largest absolute Gasteiger partial charge is 0.461 e. The number of piperidine rings is 1. The Morgan fingerprint density at radius 3 is 2.79 bits per heavy atom. The Hall–Kier alpha value is -2.86. The number of amides is 1. The van der Waals surface area contributed by atoms with E-state index in [1.54, 1.807) is 18.4 Å². The van der Waals surface area contributed by atoms with E-state index in [1.165, 1.54) is 30.5 Å². The van der Waals surface area contributed by atoms with Crippen LogP contribution in [0.1, 0.15) is 18.5 Å². The molecule has 7 nitrogen and oxygen atoms in total. The second-order valence-electron chi connectivity index (χ2n) is 7.87. The molecule has 0 spiro atoms. The van der Waals surface area contributed by atoms with Gasteiger partial charge < -0.3 is 18.8 Å². The topological polar surface area (TPSA) is 80.5 Å². The van der Waals surface area contributed by atoms with Gasteiger partial charge in [-0.05, 0) is 31.0 Å². The monoisotopic (exact) mass is 498 g/mol. The molecular weight excluding hydrogens is 476 g/mol. The number of benzene rings is 1. The Bertz CT molecular complexity index is 1160. The van der Waals surface area contributed by atoms with E-state index < -0.39 is 18.6 Å². The Kier molecular flexibility index (Phi) is 7.27. The van der Waals surface area contributed by atoms with Crippen molar-refractivity contribution in [2.45, 2.75) is 25.6 Å². The molecule has 0 bridgehead atoms. The molecule has 3 heterocycles. The van der Waals surface area contributed by atoms with Gasteiger partial charge in [-0.1, -0.05) is 11.9 Å². The van der Waals surface area contributed by atoms with Crippen LogP contribution in [-0.4, -0.2) is 48.0 Å². The molecule has 1 aromatic carbocycles. The number of carbonyl (C=O) groups is 1. The molecule has 4 rings (SSSR count). The van der Waals surface area contributed by atoms with Crippen molar-refractivity contribution in [1.82, 2.24) is 14.7 Å². The van der Waals surface area contributed by atoms with Crippen molar-refractivity contribution in [2.24, 2.45) is 5.92 Å². The van der Waals surface area contributed by atoms with Crippen LogP contribution in [0.3, 0.4) is 0 Å². The summed E-state index contributed by atoms with van der Waals surface area (Å²) < 4.78 is 64.6. The van der Waals surface area contributed by atoms with Gasteiger partial charge in [0.1, 0.15) is 12.3 Å². The average Bonchev–Trinajstić information content (AvgIpc) is 3.28. The zero-order valence-electron chi connectivity index (χ0n) is 18.2. The van der Waals surface area contributed by atoms with Crippen molar-refractivity contribution in [3.63, 3.8) is 0 Å². The number of nitrogens with zero attached hydrogens (tertiary/aromatic N) is 3. The minimum absolute atomic E-state index is 0.0414. The molecule has 0 aliphatic carbocycles. The number of ether oxygens (including phenoxy) is 1. The van der Waals surface area contributed by atoms with Crippen LogP contribution < -0.4 is 9.62 Å². The number of halogens is 4. The molecule has 1 N–H and O–H groups in total. The van der Waals surface area contributed by atoms with E-state index >= 15 is 0 Å². The quantitative estimate of drug-likeness (QED) is 0.373. The third-order valence-corrected chi connectivity index (χ3v) is 5.87. The molecule has 1 saturated heterocycles. The number of furan rings is 1. The number of nitrogens with one attached hydrogen (secondary N) is 1. The SMILES string of the molecule is CSNC(=O)C1CCN(c2nc(COCC(F)(F)F)cnc2-c2cc(F)c3occc3c2)CC1. The summed E-state index contributed by atoms with van der Waals surface area (Å²) in [5.41, 5.74) is 1.18. The van der Waals surface area contributed by atoms with Gasteiger partial charge in [-0.15, -0.1) is 0 Å². The molecule has 3 aromatic rings. The first-order valence-electron chi connectivity index (χ1n) is 10.5. The van der Waals surface area contributed by atoms with Gasteiger partial charge in [-0.2, -0.15) is 13.2 Å². The van der Waals surface area contributed by atoms with Gasteiger partial charge in [0.2, 0.25) is 5.91 Å². The lowest BCUT2D eigenvalue weighted by atomic mass is 9.96. The van der Waals surface area contributed by atoms with Crippen LogP contribution in [0.15, 0.2) is 35.1 Å². The molecule has 0 atom stereocenters. The van der Waals surface area contributed by atoms with Gasteiger partial charge in [-0.25, -0.2) is 9.37 Å². The number of hydrogen-bond acceptors (Lipinski definition) is 7. The number of fused-ring (bicyclic) bond motifs is 1. The number of aromatic nitrogens is 2. The lowest BCUT2D eigenvalue weighted by molar-refractivity contribution is -0.176. The highest BCUT2D eigenvalue weighted by Crippen LogP contribution is 2.34. The van der Waals surface area contributed by atoms with Crippen LogP contribution in [0.25, 0.3) is 22.2 Å². The zero-order valence-corrected chi connectivity index (χ0v) is 19.0. The van der Waals surface area contributed by atoms with Crippen LogP contribution in [-0.2, 0) is 16.1 Å². The predicted molar refractivity (Wildman–Crippen MR) is 120 cm³/mol. The van der Waals surface area contributed by atoms with Crippen LogP contribution in [0.4, 0.5) is 23.4 Å². The number of carbonyl (C=O) groups excluding carboxylic acids is 1. The number of anilines is 1. The first-order valence-corrected chi connectivity index (χ1v) is 11.7. The van der Waals surface area contributed by atoms with E-state index in [0.29, 0.717) is 48.4 Å². The zero-order chi connectivity index (χ0) is 24.3. The molecule has 1 fully saturated rings. The molecule has 12 heteroatoms. The summed E-state index contributed by atoms with van der Waals surface area (Å²) in [6.07, 6.45) is 1.17. The van der Waals surface area contributed by atoms with Crippen molar-refractivity contribution < 1.29 is 31.5 Å². The van der Waals surface area contributed by atoms with E-state index in [1.807, 2.05) is 4.90 Å². The molecule has 0 unspecified atom stereocenters. The summed E-state index contributed by atoms with van der Waals surface area (Å²) in [4.78, 5) is 23.0. The van der Waals surface area contributed by atoms with Crippen molar-refractivity contribution in [2.75, 3.05) is 30.9 Å². The standard InChI is InChI=1S/C22H22F4N4O3S/c1-34-29-21(31)13-2-5-30(6-3-13)20-18(15-8-14-4-7-33-19(14)17(23)9-15)27-10-16(28-20)11-32-12-22(24,25)26/h4,7-10,13H,2-3,5-6,11-12H2,1H3,(H,29,31). The number of alkyl halides is 3. The molecule has 34 heavy (non-hydrogen) atoms. The van der Waals surface area contributed by atoms with E-state index in [9.17, 15) is 22.4 Å². The summed E-state index contributed by atoms with van der Waals surface area (Å²) in [6, 6.07) is 4.63. The summed E-state index contributed by atoms with van der Waals surface area (Å²) in [5, 5.41) is 0.549. The molecule has 1 aliphatic heterocycles. The third kappa shape index (κ3) is 5.61. The molecule has 182 valence electrons.